The first-order chi connectivity index (χ1) is 9.09. The van der Waals surface area contributed by atoms with Gasteiger partial charge in [0.25, 0.3) is 0 Å². The summed E-state index contributed by atoms with van der Waals surface area (Å²) >= 11 is 0. The van der Waals surface area contributed by atoms with Crippen molar-refractivity contribution >= 4 is 12.0 Å². The van der Waals surface area contributed by atoms with E-state index in [1.807, 2.05) is 13.1 Å². The van der Waals surface area contributed by atoms with E-state index in [9.17, 15) is 9.90 Å². The molecule has 1 aromatic rings. The van der Waals surface area contributed by atoms with Crippen molar-refractivity contribution in [1.82, 2.24) is 15.1 Å². The first kappa shape index (κ1) is 13.8. The van der Waals surface area contributed by atoms with Gasteiger partial charge in [-0.2, -0.15) is 5.10 Å². The van der Waals surface area contributed by atoms with Gasteiger partial charge in [0.05, 0.1) is 11.3 Å². The molecule has 1 aliphatic rings. The molecule has 1 fully saturated rings. The Bertz CT molecular complexity index is 461. The Balaban J connectivity index is 1.81. The summed E-state index contributed by atoms with van der Waals surface area (Å²) in [4.78, 5) is 11.7. The van der Waals surface area contributed by atoms with Crippen molar-refractivity contribution < 1.29 is 14.6 Å². The molecule has 0 bridgehead atoms. The lowest BCUT2D eigenvalue weighted by Crippen LogP contribution is -2.46. The van der Waals surface area contributed by atoms with Crippen LogP contribution in [-0.2, 0) is 16.6 Å². The number of hydrogen-bond acceptors (Lipinski definition) is 4. The minimum absolute atomic E-state index is 0.221. The summed E-state index contributed by atoms with van der Waals surface area (Å²) < 4.78 is 6.86. The molecule has 19 heavy (non-hydrogen) atoms. The molecule has 0 aromatic carbocycles. The monoisotopic (exact) mass is 265 g/mol. The van der Waals surface area contributed by atoms with E-state index in [0.29, 0.717) is 26.1 Å². The fourth-order valence-corrected chi connectivity index (χ4v) is 1.95. The van der Waals surface area contributed by atoms with E-state index in [1.54, 1.807) is 17.0 Å². The normalized spacial score (nSPS) is 18.6. The number of aliphatic hydroxyl groups is 1. The quantitative estimate of drug-likeness (QED) is 0.757. The van der Waals surface area contributed by atoms with Gasteiger partial charge in [-0.15, -0.1) is 0 Å². The van der Waals surface area contributed by atoms with Gasteiger partial charge in [-0.25, -0.2) is 0 Å². The molecule has 0 spiro atoms. The second kappa shape index (κ2) is 5.99. The standard InChI is InChI=1S/C13H19N3O3/c1-16-11(4-7-15-16)2-3-12(17)14-10-13(18)5-8-19-9-6-13/h2-4,7,18H,5-6,8-10H2,1H3,(H,14,17)/b3-2+. The number of aryl methyl sites for hydroxylation is 1. The van der Waals surface area contributed by atoms with Gasteiger partial charge in [0.15, 0.2) is 0 Å². The topological polar surface area (TPSA) is 76.4 Å². The first-order valence-electron chi connectivity index (χ1n) is 6.33. The summed E-state index contributed by atoms with van der Waals surface area (Å²) in [7, 11) is 1.81. The minimum Gasteiger partial charge on any atom is -0.388 e. The van der Waals surface area contributed by atoms with Crippen LogP contribution in [0.5, 0.6) is 0 Å². The summed E-state index contributed by atoms with van der Waals surface area (Å²) in [6, 6.07) is 1.82. The summed E-state index contributed by atoms with van der Waals surface area (Å²) in [5, 5.41) is 16.9. The van der Waals surface area contributed by atoms with E-state index >= 15 is 0 Å². The van der Waals surface area contributed by atoms with E-state index in [1.165, 1.54) is 6.08 Å². The molecular weight excluding hydrogens is 246 g/mol. The maximum Gasteiger partial charge on any atom is 0.244 e. The third-order valence-corrected chi connectivity index (χ3v) is 3.28. The Morgan fingerprint density at radius 1 is 1.63 bits per heavy atom. The molecule has 2 heterocycles. The number of ether oxygens (including phenoxy) is 1. The number of carbonyl (C=O) groups is 1. The fourth-order valence-electron chi connectivity index (χ4n) is 1.95. The molecule has 6 heteroatoms. The van der Waals surface area contributed by atoms with Crippen molar-refractivity contribution in [2.75, 3.05) is 19.8 Å². The van der Waals surface area contributed by atoms with Crippen LogP contribution < -0.4 is 5.32 Å². The Labute approximate surface area is 112 Å². The van der Waals surface area contributed by atoms with Gasteiger partial charge >= 0.3 is 0 Å². The predicted octanol–water partition coefficient (Wildman–Crippen LogP) is 0.0910. The zero-order valence-corrected chi connectivity index (χ0v) is 11.0. The van der Waals surface area contributed by atoms with Gasteiger partial charge < -0.3 is 15.2 Å². The van der Waals surface area contributed by atoms with Crippen LogP contribution in [0.3, 0.4) is 0 Å². The molecule has 0 saturated carbocycles. The molecule has 6 nitrogen and oxygen atoms in total. The molecule has 1 saturated heterocycles. The number of nitrogens with one attached hydrogen (secondary N) is 1. The average molecular weight is 265 g/mol. The molecule has 0 aliphatic carbocycles. The minimum atomic E-state index is -0.839. The summed E-state index contributed by atoms with van der Waals surface area (Å²) in [6.45, 7) is 1.33. The van der Waals surface area contributed by atoms with Crippen LogP contribution in [0.2, 0.25) is 0 Å². The van der Waals surface area contributed by atoms with Crippen LogP contribution in [0.25, 0.3) is 6.08 Å². The van der Waals surface area contributed by atoms with Crippen molar-refractivity contribution in [2.45, 2.75) is 18.4 Å². The molecule has 1 aliphatic heterocycles. The average Bonchev–Trinajstić information content (AvgIpc) is 2.81. The van der Waals surface area contributed by atoms with Crippen LogP contribution in [0.1, 0.15) is 18.5 Å². The van der Waals surface area contributed by atoms with Crippen molar-refractivity contribution in [2.24, 2.45) is 7.05 Å². The number of amides is 1. The maximum atomic E-state index is 11.7. The van der Waals surface area contributed by atoms with Crippen LogP contribution in [0.15, 0.2) is 18.3 Å². The number of nitrogens with zero attached hydrogens (tertiary/aromatic N) is 2. The first-order valence-corrected chi connectivity index (χ1v) is 6.33. The molecule has 0 radical (unpaired) electrons. The lowest BCUT2D eigenvalue weighted by Gasteiger charge is -2.31. The molecule has 1 amide bonds. The van der Waals surface area contributed by atoms with Gasteiger partial charge in [0.2, 0.25) is 5.91 Å². The van der Waals surface area contributed by atoms with Gasteiger partial charge in [-0.1, -0.05) is 0 Å². The molecule has 2 N–H and O–H groups in total. The zero-order chi connectivity index (χ0) is 13.7. The van der Waals surface area contributed by atoms with Crippen molar-refractivity contribution in [3.8, 4) is 0 Å². The number of carbonyl (C=O) groups excluding carboxylic acids is 1. The van der Waals surface area contributed by atoms with E-state index in [4.69, 9.17) is 4.74 Å². The molecule has 0 atom stereocenters. The summed E-state index contributed by atoms with van der Waals surface area (Å²) in [5.41, 5.74) is 0.00815. The molecule has 0 unspecified atom stereocenters. The Hall–Kier alpha value is -1.66. The maximum absolute atomic E-state index is 11.7. The lowest BCUT2D eigenvalue weighted by atomic mass is 9.94. The van der Waals surface area contributed by atoms with E-state index in [2.05, 4.69) is 10.4 Å². The van der Waals surface area contributed by atoms with Crippen molar-refractivity contribution in [3.05, 3.63) is 24.0 Å². The van der Waals surface area contributed by atoms with Crippen LogP contribution in [0, 0.1) is 0 Å². The zero-order valence-electron chi connectivity index (χ0n) is 11.0. The lowest BCUT2D eigenvalue weighted by molar-refractivity contribution is -0.119. The van der Waals surface area contributed by atoms with Gasteiger partial charge in [0.1, 0.15) is 0 Å². The van der Waals surface area contributed by atoms with E-state index in [-0.39, 0.29) is 12.5 Å². The Morgan fingerprint density at radius 2 is 2.37 bits per heavy atom. The third kappa shape index (κ3) is 3.90. The fraction of sp³-hybridized carbons (Fsp3) is 0.538. The highest BCUT2D eigenvalue weighted by molar-refractivity contribution is 5.91. The Kier molecular flexibility index (Phi) is 4.34. The van der Waals surface area contributed by atoms with Crippen molar-refractivity contribution in [3.63, 3.8) is 0 Å². The number of aromatic nitrogens is 2. The Morgan fingerprint density at radius 3 is 3.00 bits per heavy atom. The SMILES string of the molecule is Cn1nccc1/C=C/C(=O)NCC1(O)CCOCC1. The summed E-state index contributed by atoms with van der Waals surface area (Å²) in [6.07, 6.45) is 5.91. The highest BCUT2D eigenvalue weighted by Crippen LogP contribution is 2.19. The number of rotatable bonds is 4. The molecule has 2 rings (SSSR count). The van der Waals surface area contributed by atoms with Crippen LogP contribution in [-0.4, -0.2) is 46.2 Å². The highest BCUT2D eigenvalue weighted by Gasteiger charge is 2.29. The second-order valence-electron chi connectivity index (χ2n) is 4.77. The van der Waals surface area contributed by atoms with E-state index < -0.39 is 5.60 Å². The molecule has 1 aromatic heterocycles. The molecule has 104 valence electrons. The van der Waals surface area contributed by atoms with E-state index in [0.717, 1.165) is 5.69 Å². The van der Waals surface area contributed by atoms with Gasteiger partial charge in [-0.3, -0.25) is 9.48 Å². The van der Waals surface area contributed by atoms with Crippen LogP contribution in [0.4, 0.5) is 0 Å². The van der Waals surface area contributed by atoms with Crippen molar-refractivity contribution in [1.29, 1.82) is 0 Å². The smallest absolute Gasteiger partial charge is 0.244 e. The summed E-state index contributed by atoms with van der Waals surface area (Å²) in [5.74, 6) is -0.221. The number of hydrogen-bond donors (Lipinski definition) is 2. The highest BCUT2D eigenvalue weighted by atomic mass is 16.5. The largest absolute Gasteiger partial charge is 0.388 e. The van der Waals surface area contributed by atoms with Crippen LogP contribution >= 0.6 is 0 Å². The molecular formula is C13H19N3O3. The van der Waals surface area contributed by atoms with Gasteiger partial charge in [-0.05, 0) is 12.1 Å². The second-order valence-corrected chi connectivity index (χ2v) is 4.77. The van der Waals surface area contributed by atoms with Gasteiger partial charge in [0, 0.05) is 51.9 Å². The third-order valence-electron chi connectivity index (χ3n) is 3.28. The predicted molar refractivity (Wildman–Crippen MR) is 70.3 cm³/mol.